The summed E-state index contributed by atoms with van der Waals surface area (Å²) >= 11 is 0. The van der Waals surface area contributed by atoms with Gasteiger partial charge in [0, 0.05) is 6.61 Å². The van der Waals surface area contributed by atoms with Crippen LogP contribution in [0.25, 0.3) is 0 Å². The molecule has 0 saturated carbocycles. The minimum absolute atomic E-state index is 0.164. The number of amides is 1. The summed E-state index contributed by atoms with van der Waals surface area (Å²) in [5.41, 5.74) is 4.22. The van der Waals surface area contributed by atoms with Crippen LogP contribution in [0.2, 0.25) is 19.6 Å². The zero-order valence-electron chi connectivity index (χ0n) is 19.2. The summed E-state index contributed by atoms with van der Waals surface area (Å²) in [6.45, 7) is 13.3. The third-order valence-electron chi connectivity index (χ3n) is 4.23. The molecular weight excluding hydrogens is 396 g/mol. The molecule has 1 aromatic heterocycles. The number of carbonyl (C=O) groups excluding carboxylic acids is 1. The molecule has 0 spiro atoms. The van der Waals surface area contributed by atoms with Crippen LogP contribution in [-0.4, -0.2) is 44.3 Å². The van der Waals surface area contributed by atoms with Gasteiger partial charge in [-0.2, -0.15) is 0 Å². The second-order valence-corrected chi connectivity index (χ2v) is 14.4. The number of alkyl carbamates (subject to hydrolysis) is 1. The van der Waals surface area contributed by atoms with E-state index in [2.05, 4.69) is 41.4 Å². The number of nitrogens with one attached hydrogen (secondary N) is 1. The standard InChI is InChI=1S/C23H36N2O4Si/c1-23(2,3)29-22(26)25-20(13-16-28-21-12-7-8-15-27-21)19-11-9-10-18(24-19)14-17-30(4,5)6/h9-11,20-21H,7-8,12-13,15-16H2,1-6H3,(H,25,26). The van der Waals surface area contributed by atoms with Crippen LogP contribution in [0, 0.1) is 11.5 Å². The van der Waals surface area contributed by atoms with Gasteiger partial charge >= 0.3 is 6.09 Å². The molecule has 0 radical (unpaired) electrons. The van der Waals surface area contributed by atoms with Gasteiger partial charge < -0.3 is 19.5 Å². The molecule has 1 amide bonds. The number of carbonyl (C=O) groups is 1. The SMILES string of the molecule is CC(C)(C)OC(=O)NC(CCOC1CCCCO1)c1cccc(C#C[Si](C)(C)C)n1. The van der Waals surface area contributed by atoms with Crippen LogP contribution in [0.3, 0.4) is 0 Å². The van der Waals surface area contributed by atoms with Gasteiger partial charge in [0.25, 0.3) is 0 Å². The van der Waals surface area contributed by atoms with Crippen molar-refractivity contribution in [1.29, 1.82) is 0 Å². The largest absolute Gasteiger partial charge is 0.444 e. The second kappa shape index (κ2) is 10.9. The molecule has 0 aromatic carbocycles. The van der Waals surface area contributed by atoms with Crippen molar-refractivity contribution < 1.29 is 19.0 Å². The van der Waals surface area contributed by atoms with Crippen molar-refractivity contribution in [2.75, 3.05) is 13.2 Å². The zero-order valence-corrected chi connectivity index (χ0v) is 20.2. The predicted octanol–water partition coefficient (Wildman–Crippen LogP) is 4.81. The van der Waals surface area contributed by atoms with Crippen molar-refractivity contribution in [2.45, 2.75) is 84.0 Å². The highest BCUT2D eigenvalue weighted by Crippen LogP contribution is 2.19. The predicted molar refractivity (Wildman–Crippen MR) is 121 cm³/mol. The minimum Gasteiger partial charge on any atom is -0.444 e. The third kappa shape index (κ3) is 9.75. The lowest BCUT2D eigenvalue weighted by atomic mass is 10.1. The number of hydrogen-bond acceptors (Lipinski definition) is 5. The van der Waals surface area contributed by atoms with Crippen molar-refractivity contribution in [2.24, 2.45) is 0 Å². The van der Waals surface area contributed by atoms with Crippen molar-refractivity contribution >= 4 is 14.2 Å². The van der Waals surface area contributed by atoms with E-state index < -0.39 is 19.8 Å². The number of rotatable bonds is 6. The van der Waals surface area contributed by atoms with Crippen LogP contribution in [0.1, 0.15) is 63.9 Å². The van der Waals surface area contributed by atoms with Gasteiger partial charge in [-0.1, -0.05) is 31.6 Å². The molecule has 1 aliphatic rings. The smallest absolute Gasteiger partial charge is 0.408 e. The second-order valence-electron chi connectivity index (χ2n) is 9.60. The zero-order chi connectivity index (χ0) is 22.2. The molecule has 1 aliphatic heterocycles. The summed E-state index contributed by atoms with van der Waals surface area (Å²) in [6.07, 6.45) is 3.03. The summed E-state index contributed by atoms with van der Waals surface area (Å²) in [5, 5.41) is 2.94. The summed E-state index contributed by atoms with van der Waals surface area (Å²) in [6, 6.07) is 5.38. The Labute approximate surface area is 182 Å². The van der Waals surface area contributed by atoms with Crippen LogP contribution >= 0.6 is 0 Å². The van der Waals surface area contributed by atoms with Gasteiger partial charge in [0.1, 0.15) is 19.4 Å². The molecule has 30 heavy (non-hydrogen) atoms. The molecule has 2 atom stereocenters. The average molecular weight is 433 g/mol. The normalized spacial score (nSPS) is 18.1. The maximum Gasteiger partial charge on any atom is 0.408 e. The van der Waals surface area contributed by atoms with E-state index in [0.717, 1.165) is 31.6 Å². The fourth-order valence-corrected chi connectivity index (χ4v) is 3.37. The van der Waals surface area contributed by atoms with Crippen LogP contribution in [0.4, 0.5) is 4.79 Å². The molecule has 0 bridgehead atoms. The minimum atomic E-state index is -1.50. The quantitative estimate of drug-likeness (QED) is 0.516. The monoisotopic (exact) mass is 432 g/mol. The molecule has 2 heterocycles. The molecule has 1 saturated heterocycles. The van der Waals surface area contributed by atoms with E-state index in [9.17, 15) is 4.79 Å². The van der Waals surface area contributed by atoms with E-state index in [1.54, 1.807) is 0 Å². The van der Waals surface area contributed by atoms with E-state index in [1.165, 1.54) is 0 Å². The Morgan fingerprint density at radius 3 is 2.73 bits per heavy atom. The lowest BCUT2D eigenvalue weighted by Gasteiger charge is -2.25. The average Bonchev–Trinajstić information content (AvgIpc) is 2.65. The number of aromatic nitrogens is 1. The molecule has 0 aliphatic carbocycles. The van der Waals surface area contributed by atoms with Crippen molar-refractivity contribution in [3.63, 3.8) is 0 Å². The molecule has 1 fully saturated rings. The third-order valence-corrected chi connectivity index (χ3v) is 5.11. The van der Waals surface area contributed by atoms with Gasteiger partial charge in [0.05, 0.1) is 18.3 Å². The Morgan fingerprint density at radius 1 is 1.33 bits per heavy atom. The van der Waals surface area contributed by atoms with E-state index >= 15 is 0 Å². The Kier molecular flexibility index (Phi) is 8.89. The van der Waals surface area contributed by atoms with E-state index in [4.69, 9.17) is 14.2 Å². The molecule has 2 unspecified atom stereocenters. The first-order valence-corrected chi connectivity index (χ1v) is 14.2. The van der Waals surface area contributed by atoms with E-state index in [0.29, 0.717) is 18.7 Å². The first kappa shape index (κ1) is 24.4. The van der Waals surface area contributed by atoms with Crippen LogP contribution in [-0.2, 0) is 14.2 Å². The molecule has 6 nitrogen and oxygen atoms in total. The van der Waals surface area contributed by atoms with Gasteiger partial charge in [0.2, 0.25) is 0 Å². The molecule has 1 aromatic rings. The van der Waals surface area contributed by atoms with E-state index in [1.807, 2.05) is 39.0 Å². The number of ether oxygens (including phenoxy) is 3. The van der Waals surface area contributed by atoms with Crippen molar-refractivity contribution in [1.82, 2.24) is 10.3 Å². The Morgan fingerprint density at radius 2 is 2.10 bits per heavy atom. The topological polar surface area (TPSA) is 69.7 Å². The molecule has 1 N–H and O–H groups in total. The van der Waals surface area contributed by atoms with Gasteiger partial charge in [0.15, 0.2) is 6.29 Å². The van der Waals surface area contributed by atoms with Crippen molar-refractivity contribution in [3.8, 4) is 11.5 Å². The number of pyridine rings is 1. The lowest BCUT2D eigenvalue weighted by Crippen LogP contribution is -2.36. The van der Waals surface area contributed by atoms with Crippen LogP contribution < -0.4 is 5.32 Å². The Hall–Kier alpha value is -1.88. The maximum absolute atomic E-state index is 12.4. The number of hydrogen-bond donors (Lipinski definition) is 1. The van der Waals surface area contributed by atoms with Gasteiger partial charge in [-0.05, 0) is 58.6 Å². The molecule has 2 rings (SSSR count). The highest BCUT2D eigenvalue weighted by molar-refractivity contribution is 6.83. The highest BCUT2D eigenvalue weighted by atomic mass is 28.3. The van der Waals surface area contributed by atoms with Crippen LogP contribution in [0.15, 0.2) is 18.2 Å². The summed E-state index contributed by atoms with van der Waals surface area (Å²) < 4.78 is 16.9. The fraction of sp³-hybridized carbons (Fsp3) is 0.652. The Balaban J connectivity index is 2.10. The summed E-state index contributed by atoms with van der Waals surface area (Å²) in [4.78, 5) is 17.1. The van der Waals surface area contributed by atoms with Gasteiger partial charge in [-0.25, -0.2) is 9.78 Å². The van der Waals surface area contributed by atoms with Gasteiger partial charge in [-0.15, -0.1) is 5.54 Å². The van der Waals surface area contributed by atoms with E-state index in [-0.39, 0.29) is 12.3 Å². The first-order valence-electron chi connectivity index (χ1n) is 10.7. The first-order chi connectivity index (χ1) is 14.0. The summed E-state index contributed by atoms with van der Waals surface area (Å²) in [7, 11) is -1.50. The molecular formula is C23H36N2O4Si. The van der Waals surface area contributed by atoms with Crippen LogP contribution in [0.5, 0.6) is 0 Å². The fourth-order valence-electron chi connectivity index (χ4n) is 2.87. The molecule has 7 heteroatoms. The highest BCUT2D eigenvalue weighted by Gasteiger charge is 2.22. The maximum atomic E-state index is 12.4. The lowest BCUT2D eigenvalue weighted by molar-refractivity contribution is -0.163. The Bertz CT molecular complexity index is 753. The number of nitrogens with zero attached hydrogens (tertiary/aromatic N) is 1. The molecule has 166 valence electrons. The van der Waals surface area contributed by atoms with Gasteiger partial charge in [-0.3, -0.25) is 0 Å². The summed E-state index contributed by atoms with van der Waals surface area (Å²) in [5.74, 6) is 3.18. The van der Waals surface area contributed by atoms with Crippen molar-refractivity contribution in [3.05, 3.63) is 29.6 Å².